The van der Waals surface area contributed by atoms with E-state index in [1.165, 1.54) is 95.5 Å². The first kappa shape index (κ1) is 23.6. The minimum Gasteiger partial charge on any atom is -0.282 e. The Kier molecular flexibility index (Phi) is 12.5. The van der Waals surface area contributed by atoms with Gasteiger partial charge in [0.05, 0.1) is 0 Å². The van der Waals surface area contributed by atoms with E-state index in [2.05, 4.69) is 6.92 Å². The molecule has 0 aliphatic carbocycles. The third-order valence-corrected chi connectivity index (χ3v) is 6.10. The summed E-state index contributed by atoms with van der Waals surface area (Å²) in [5.74, 6) is 0. The van der Waals surface area contributed by atoms with Gasteiger partial charge in [-0.3, -0.25) is 4.55 Å². The monoisotopic (exact) mass is 386 g/mol. The normalized spacial score (nSPS) is 11.2. The summed E-state index contributed by atoms with van der Waals surface area (Å²) in [6.45, 7) is 2.28. The smallest absolute Gasteiger partial charge is 0.282 e. The van der Waals surface area contributed by atoms with Crippen molar-refractivity contribution in [1.29, 1.82) is 0 Å². The Morgan fingerprint density at radius 1 is 0.808 bits per heavy atom. The Morgan fingerprint density at radius 2 is 1.35 bits per heavy atom. The van der Waals surface area contributed by atoms with Crippen molar-refractivity contribution in [2.24, 2.45) is 0 Å². The van der Waals surface area contributed by atoms with Gasteiger partial charge in [0.1, 0.15) is 4.90 Å². The predicted octanol–water partition coefficient (Wildman–Crippen LogP) is 6.19. The summed E-state index contributed by atoms with van der Waals surface area (Å²) in [4.78, 5) is -0.0457. The van der Waals surface area contributed by atoms with Gasteiger partial charge in [0, 0.05) is 5.39 Å². The van der Waals surface area contributed by atoms with Crippen LogP contribution in [0.15, 0.2) is 47.4 Å². The molecular formula is C21H31NaO3S. The number of benzene rings is 2. The van der Waals surface area contributed by atoms with Gasteiger partial charge in [0.15, 0.2) is 0 Å². The zero-order valence-corrected chi connectivity index (χ0v) is 19.1. The molecule has 3 nitrogen and oxygen atoms in total. The molecule has 0 saturated heterocycles. The second-order valence-electron chi connectivity index (χ2n) is 6.78. The van der Waals surface area contributed by atoms with Gasteiger partial charge in [0.2, 0.25) is 0 Å². The van der Waals surface area contributed by atoms with Crippen LogP contribution in [0.3, 0.4) is 0 Å². The standard InChI is InChI=1S/C11H23.C10H8O3S.Na/c1-3-5-7-9-11-10-8-6-4-2;11-14(12,13)10-7-3-5-8-4-1-2-6-9(8)10;/h1,3-11H2,2H3;1-7H,(H,11,12,13);. The molecule has 0 spiro atoms. The Bertz CT molecular complexity index is 714. The fourth-order valence-electron chi connectivity index (χ4n) is 2.98. The summed E-state index contributed by atoms with van der Waals surface area (Å²) in [5, 5.41) is 1.33. The van der Waals surface area contributed by atoms with Gasteiger partial charge in [-0.05, 0) is 11.5 Å². The van der Waals surface area contributed by atoms with Crippen LogP contribution >= 0.6 is 0 Å². The SMILES string of the molecule is CCCCCCCCCC[CH2][Na].O=S(=O)(O)c1cccc2ccccc12. The molecule has 1 N–H and O–H groups in total. The minimum absolute atomic E-state index is 0.0457. The number of hydrogen-bond acceptors (Lipinski definition) is 2. The molecule has 0 aromatic heterocycles. The number of hydrogen-bond donors (Lipinski definition) is 1. The van der Waals surface area contributed by atoms with Crippen LogP contribution in [0.1, 0.15) is 64.7 Å². The average molecular weight is 387 g/mol. The van der Waals surface area contributed by atoms with Crippen LogP contribution in [0, 0.1) is 0 Å². The van der Waals surface area contributed by atoms with Crippen LogP contribution in [0.25, 0.3) is 10.8 Å². The second kappa shape index (κ2) is 13.7. The van der Waals surface area contributed by atoms with Gasteiger partial charge in [-0.25, -0.2) is 0 Å². The van der Waals surface area contributed by atoms with E-state index >= 15 is 0 Å². The van der Waals surface area contributed by atoms with Crippen molar-refractivity contribution >= 4 is 48.8 Å². The summed E-state index contributed by atoms with van der Waals surface area (Å²) >= 11 is 1.41. The fourth-order valence-corrected chi connectivity index (χ4v) is 4.20. The molecule has 140 valence electrons. The van der Waals surface area contributed by atoms with Crippen LogP contribution < -0.4 is 0 Å². The summed E-state index contributed by atoms with van der Waals surface area (Å²) in [5.41, 5.74) is 0. The van der Waals surface area contributed by atoms with Crippen molar-refractivity contribution in [2.45, 2.75) is 73.3 Å². The van der Waals surface area contributed by atoms with Gasteiger partial charge in [-0.15, -0.1) is 0 Å². The molecular weight excluding hydrogens is 355 g/mol. The van der Waals surface area contributed by atoms with Crippen LogP contribution in [0.4, 0.5) is 0 Å². The minimum atomic E-state index is -4.13. The summed E-state index contributed by atoms with van der Waals surface area (Å²) in [6, 6.07) is 11.8. The third kappa shape index (κ3) is 9.52. The van der Waals surface area contributed by atoms with Crippen molar-refractivity contribution in [3.05, 3.63) is 42.5 Å². The van der Waals surface area contributed by atoms with Crippen molar-refractivity contribution in [3.63, 3.8) is 0 Å². The van der Waals surface area contributed by atoms with Crippen molar-refractivity contribution < 1.29 is 13.0 Å². The van der Waals surface area contributed by atoms with E-state index in [0.717, 1.165) is 5.39 Å². The van der Waals surface area contributed by atoms with Crippen molar-refractivity contribution in [3.8, 4) is 0 Å². The number of unbranched alkanes of at least 4 members (excludes halogenated alkanes) is 8. The van der Waals surface area contributed by atoms with E-state index in [9.17, 15) is 8.42 Å². The third-order valence-electron chi connectivity index (χ3n) is 4.48. The maximum atomic E-state index is 11.0. The van der Waals surface area contributed by atoms with Crippen LogP contribution in [0.5, 0.6) is 0 Å². The first-order chi connectivity index (χ1) is 12.5. The molecule has 2 aromatic carbocycles. The Hall–Kier alpha value is -0.390. The molecule has 0 radical (unpaired) electrons. The van der Waals surface area contributed by atoms with Crippen LogP contribution in [-0.2, 0) is 10.1 Å². The first-order valence-electron chi connectivity index (χ1n) is 9.96. The van der Waals surface area contributed by atoms with E-state index in [1.807, 2.05) is 6.07 Å². The molecule has 0 bridgehead atoms. The summed E-state index contributed by atoms with van der Waals surface area (Å²) < 4.78 is 32.5. The van der Waals surface area contributed by atoms with E-state index in [4.69, 9.17) is 4.55 Å². The molecule has 0 heterocycles. The molecule has 26 heavy (non-hydrogen) atoms. The zero-order chi connectivity index (χ0) is 19.3. The zero-order valence-electron chi connectivity index (χ0n) is 16.3. The molecule has 0 fully saturated rings. The van der Waals surface area contributed by atoms with Crippen molar-refractivity contribution in [2.75, 3.05) is 0 Å². The molecule has 0 amide bonds. The van der Waals surface area contributed by atoms with Gasteiger partial charge in [-0.1, -0.05) is 36.4 Å². The molecule has 0 unspecified atom stereocenters. The van der Waals surface area contributed by atoms with Gasteiger partial charge in [0.25, 0.3) is 10.1 Å². The number of fused-ring (bicyclic) bond motifs is 1. The molecule has 0 aliphatic heterocycles. The molecule has 5 heteroatoms. The topological polar surface area (TPSA) is 54.4 Å². The fraction of sp³-hybridized carbons (Fsp3) is 0.524. The predicted molar refractivity (Wildman–Crippen MR) is 112 cm³/mol. The van der Waals surface area contributed by atoms with E-state index in [1.54, 1.807) is 30.3 Å². The Balaban J connectivity index is 0.000000265. The van der Waals surface area contributed by atoms with Crippen molar-refractivity contribution in [1.82, 2.24) is 0 Å². The maximum absolute atomic E-state index is 11.0. The van der Waals surface area contributed by atoms with E-state index < -0.39 is 10.1 Å². The number of rotatable bonds is 10. The van der Waals surface area contributed by atoms with E-state index in [-0.39, 0.29) is 4.90 Å². The summed E-state index contributed by atoms with van der Waals surface area (Å²) in [6.07, 6.45) is 13.2. The van der Waals surface area contributed by atoms with Gasteiger partial charge >= 0.3 is 96.3 Å². The van der Waals surface area contributed by atoms with Crippen LogP contribution in [-0.4, -0.2) is 40.9 Å². The Labute approximate surface area is 176 Å². The van der Waals surface area contributed by atoms with E-state index in [0.29, 0.717) is 5.39 Å². The quantitative estimate of drug-likeness (QED) is 0.301. The van der Waals surface area contributed by atoms with Gasteiger partial charge in [-0.2, -0.15) is 8.42 Å². The largest absolute Gasteiger partial charge is 0.295 e. The first-order valence-corrected chi connectivity index (χ1v) is 12.8. The average Bonchev–Trinajstić information content (AvgIpc) is 2.63. The molecule has 2 aromatic rings. The van der Waals surface area contributed by atoms with Crippen LogP contribution in [0.2, 0.25) is 3.67 Å². The maximum Gasteiger partial charge on any atom is 0.295 e. The molecule has 2 rings (SSSR count). The molecule has 0 aliphatic rings. The van der Waals surface area contributed by atoms with Gasteiger partial charge < -0.3 is 0 Å². The molecule has 0 atom stereocenters. The summed E-state index contributed by atoms with van der Waals surface area (Å²) in [7, 11) is -4.13. The Morgan fingerprint density at radius 3 is 1.92 bits per heavy atom. The second-order valence-corrected chi connectivity index (χ2v) is 9.17. The molecule has 0 saturated carbocycles.